The van der Waals surface area contributed by atoms with Gasteiger partial charge in [0.1, 0.15) is 0 Å². The predicted molar refractivity (Wildman–Crippen MR) is 55.0 cm³/mol. The first-order valence-electron chi connectivity index (χ1n) is 3.67. The van der Waals surface area contributed by atoms with E-state index in [1.54, 1.807) is 6.92 Å². The molecule has 5 nitrogen and oxygen atoms in total. The first kappa shape index (κ1) is 12.8. The standard InChI is InChI=1S/C6H14N2O3S2/c1-5(6(7)12)8-13(9,10)4-3-11-2/h5,8H,3-4H2,1-2H3,(H2,7,12). The number of ether oxygens (including phenoxy) is 1. The molecule has 0 radical (unpaired) electrons. The molecule has 0 aliphatic rings. The average molecular weight is 226 g/mol. The number of thiocarbonyl (C=S) groups is 1. The van der Waals surface area contributed by atoms with E-state index in [-0.39, 0.29) is 17.3 Å². The van der Waals surface area contributed by atoms with E-state index in [1.165, 1.54) is 7.11 Å². The van der Waals surface area contributed by atoms with Crippen molar-refractivity contribution in [1.82, 2.24) is 4.72 Å². The lowest BCUT2D eigenvalue weighted by molar-refractivity contribution is 0.217. The number of nitrogens with two attached hydrogens (primary N) is 1. The molecule has 0 saturated carbocycles. The van der Waals surface area contributed by atoms with Crippen molar-refractivity contribution < 1.29 is 13.2 Å². The van der Waals surface area contributed by atoms with Gasteiger partial charge in [-0.1, -0.05) is 12.2 Å². The highest BCUT2D eigenvalue weighted by Crippen LogP contribution is 1.90. The van der Waals surface area contributed by atoms with Gasteiger partial charge in [-0.3, -0.25) is 0 Å². The third-order valence-corrected chi connectivity index (χ3v) is 3.11. The van der Waals surface area contributed by atoms with E-state index in [0.717, 1.165) is 0 Å². The van der Waals surface area contributed by atoms with Crippen LogP contribution in [0.15, 0.2) is 0 Å². The first-order valence-corrected chi connectivity index (χ1v) is 5.73. The lowest BCUT2D eigenvalue weighted by atomic mass is 10.4. The minimum atomic E-state index is -3.33. The Hall–Kier alpha value is -0.240. The Kier molecular flexibility index (Phi) is 5.38. The quantitative estimate of drug-likeness (QED) is 0.581. The summed E-state index contributed by atoms with van der Waals surface area (Å²) in [5, 5.41) is 0. The van der Waals surface area contributed by atoms with Gasteiger partial charge in [0.25, 0.3) is 0 Å². The second-order valence-corrected chi connectivity index (χ2v) is 4.90. The highest BCUT2D eigenvalue weighted by molar-refractivity contribution is 7.89. The fourth-order valence-corrected chi connectivity index (χ4v) is 1.88. The third kappa shape index (κ3) is 5.92. The van der Waals surface area contributed by atoms with E-state index in [1.807, 2.05) is 0 Å². The van der Waals surface area contributed by atoms with Gasteiger partial charge in [0, 0.05) is 7.11 Å². The number of hydrogen-bond acceptors (Lipinski definition) is 4. The van der Waals surface area contributed by atoms with E-state index < -0.39 is 16.1 Å². The number of sulfonamides is 1. The molecule has 0 heterocycles. The van der Waals surface area contributed by atoms with Crippen LogP contribution in [0.4, 0.5) is 0 Å². The zero-order valence-corrected chi connectivity index (χ0v) is 9.24. The number of hydrogen-bond donors (Lipinski definition) is 2. The molecule has 0 amide bonds. The maximum Gasteiger partial charge on any atom is 0.214 e. The van der Waals surface area contributed by atoms with Gasteiger partial charge < -0.3 is 10.5 Å². The molecule has 0 bridgehead atoms. The second kappa shape index (κ2) is 5.48. The van der Waals surface area contributed by atoms with Crippen LogP contribution in [-0.4, -0.2) is 38.9 Å². The Labute approximate surface area is 83.7 Å². The molecule has 78 valence electrons. The summed E-state index contributed by atoms with van der Waals surface area (Å²) < 4.78 is 29.3. The van der Waals surface area contributed by atoms with Crippen molar-refractivity contribution in [3.05, 3.63) is 0 Å². The maximum absolute atomic E-state index is 11.2. The Morgan fingerprint density at radius 3 is 2.62 bits per heavy atom. The summed E-state index contributed by atoms with van der Waals surface area (Å²) in [7, 11) is -1.89. The summed E-state index contributed by atoms with van der Waals surface area (Å²) in [5.41, 5.74) is 5.25. The van der Waals surface area contributed by atoms with Gasteiger partial charge in [0.2, 0.25) is 10.0 Å². The van der Waals surface area contributed by atoms with Crippen molar-refractivity contribution >= 4 is 27.2 Å². The fraction of sp³-hybridized carbons (Fsp3) is 0.833. The summed E-state index contributed by atoms with van der Waals surface area (Å²) in [6.07, 6.45) is 0. The van der Waals surface area contributed by atoms with Gasteiger partial charge in [-0.05, 0) is 6.92 Å². The van der Waals surface area contributed by atoms with Crippen LogP contribution in [0.5, 0.6) is 0 Å². The van der Waals surface area contributed by atoms with E-state index in [0.29, 0.717) is 0 Å². The molecule has 0 aromatic carbocycles. The third-order valence-electron chi connectivity index (χ3n) is 1.34. The van der Waals surface area contributed by atoms with E-state index in [4.69, 9.17) is 5.73 Å². The summed E-state index contributed by atoms with van der Waals surface area (Å²) in [5.74, 6) is -0.0869. The van der Waals surface area contributed by atoms with Crippen molar-refractivity contribution in [3.63, 3.8) is 0 Å². The van der Waals surface area contributed by atoms with Crippen molar-refractivity contribution in [2.45, 2.75) is 13.0 Å². The number of methoxy groups -OCH3 is 1. The lowest BCUT2D eigenvalue weighted by Gasteiger charge is -2.11. The van der Waals surface area contributed by atoms with E-state index in [9.17, 15) is 8.42 Å². The van der Waals surface area contributed by atoms with Gasteiger partial charge in [-0.15, -0.1) is 0 Å². The molecule has 0 aliphatic heterocycles. The van der Waals surface area contributed by atoms with Crippen LogP contribution in [0.25, 0.3) is 0 Å². The molecular formula is C6H14N2O3S2. The molecule has 1 unspecified atom stereocenters. The van der Waals surface area contributed by atoms with Crippen molar-refractivity contribution in [3.8, 4) is 0 Å². The minimum absolute atomic E-state index is 0.0869. The van der Waals surface area contributed by atoms with Crippen molar-refractivity contribution in [1.29, 1.82) is 0 Å². The van der Waals surface area contributed by atoms with Crippen LogP contribution in [-0.2, 0) is 14.8 Å². The monoisotopic (exact) mass is 226 g/mol. The summed E-state index contributed by atoms with van der Waals surface area (Å²) in [6, 6.07) is -0.517. The maximum atomic E-state index is 11.2. The number of rotatable bonds is 6. The van der Waals surface area contributed by atoms with Crippen LogP contribution >= 0.6 is 12.2 Å². The highest BCUT2D eigenvalue weighted by Gasteiger charge is 2.15. The predicted octanol–water partition coefficient (Wildman–Crippen LogP) is -0.773. The van der Waals surface area contributed by atoms with Gasteiger partial charge in [-0.2, -0.15) is 0 Å². The van der Waals surface area contributed by atoms with E-state index in [2.05, 4.69) is 21.7 Å². The van der Waals surface area contributed by atoms with Crippen LogP contribution in [0, 0.1) is 0 Å². The molecule has 0 fully saturated rings. The van der Waals surface area contributed by atoms with Crippen LogP contribution < -0.4 is 10.5 Å². The topological polar surface area (TPSA) is 81.4 Å². The molecular weight excluding hydrogens is 212 g/mol. The smallest absolute Gasteiger partial charge is 0.214 e. The zero-order valence-electron chi connectivity index (χ0n) is 7.61. The highest BCUT2D eigenvalue weighted by atomic mass is 32.2. The molecule has 3 N–H and O–H groups in total. The largest absolute Gasteiger partial charge is 0.392 e. The van der Waals surface area contributed by atoms with Gasteiger partial charge in [0.05, 0.1) is 23.4 Å². The molecule has 0 spiro atoms. The molecule has 0 saturated heterocycles. The summed E-state index contributed by atoms with van der Waals surface area (Å²) in [4.78, 5) is 0.126. The number of nitrogens with one attached hydrogen (secondary N) is 1. The second-order valence-electron chi connectivity index (χ2n) is 2.55. The molecule has 0 aromatic heterocycles. The average Bonchev–Trinajstić information content (AvgIpc) is 2.00. The van der Waals surface area contributed by atoms with Gasteiger partial charge in [0.15, 0.2) is 0 Å². The van der Waals surface area contributed by atoms with Crippen LogP contribution in [0.1, 0.15) is 6.92 Å². The van der Waals surface area contributed by atoms with Crippen LogP contribution in [0.3, 0.4) is 0 Å². The van der Waals surface area contributed by atoms with Gasteiger partial charge >= 0.3 is 0 Å². The summed E-state index contributed by atoms with van der Waals surface area (Å²) >= 11 is 4.62. The zero-order chi connectivity index (χ0) is 10.5. The van der Waals surface area contributed by atoms with E-state index >= 15 is 0 Å². The molecule has 7 heteroatoms. The van der Waals surface area contributed by atoms with Gasteiger partial charge in [-0.25, -0.2) is 13.1 Å². The Balaban J connectivity index is 4.10. The normalized spacial score (nSPS) is 14.0. The molecule has 0 aromatic rings. The Bertz CT molecular complexity index is 263. The SMILES string of the molecule is COCCS(=O)(=O)NC(C)C(N)=S. The lowest BCUT2D eigenvalue weighted by Crippen LogP contribution is -2.42. The molecule has 0 rings (SSSR count). The molecule has 0 aliphatic carbocycles. The van der Waals surface area contributed by atoms with Crippen LogP contribution in [0.2, 0.25) is 0 Å². The fourth-order valence-electron chi connectivity index (χ4n) is 0.579. The first-order chi connectivity index (χ1) is 5.89. The molecule has 1 atom stereocenters. The molecule has 13 heavy (non-hydrogen) atoms. The van der Waals surface area contributed by atoms with Crippen molar-refractivity contribution in [2.24, 2.45) is 5.73 Å². The minimum Gasteiger partial charge on any atom is -0.392 e. The summed E-state index contributed by atoms with van der Waals surface area (Å²) in [6.45, 7) is 1.74. The van der Waals surface area contributed by atoms with Crippen molar-refractivity contribution in [2.75, 3.05) is 19.5 Å². The Morgan fingerprint density at radius 1 is 1.69 bits per heavy atom. The Morgan fingerprint density at radius 2 is 2.23 bits per heavy atom.